The Balaban J connectivity index is 1.53. The van der Waals surface area contributed by atoms with Crippen molar-refractivity contribution in [3.05, 3.63) is 36.0 Å². The fraction of sp³-hybridized carbons (Fsp3) is 0.429. The van der Waals surface area contributed by atoms with E-state index in [9.17, 15) is 4.39 Å². The van der Waals surface area contributed by atoms with Crippen molar-refractivity contribution in [1.29, 1.82) is 0 Å². The fourth-order valence-electron chi connectivity index (χ4n) is 2.30. The van der Waals surface area contributed by atoms with E-state index in [1.807, 2.05) is 18.3 Å². The van der Waals surface area contributed by atoms with Crippen molar-refractivity contribution >= 4 is 10.9 Å². The molecule has 2 aromatic rings. The Labute approximate surface area is 105 Å². The Morgan fingerprint density at radius 3 is 2.94 bits per heavy atom. The topological polar surface area (TPSA) is 37.0 Å². The van der Waals surface area contributed by atoms with Gasteiger partial charge in [0, 0.05) is 23.6 Å². The highest BCUT2D eigenvalue weighted by Crippen LogP contribution is 2.21. The lowest BCUT2D eigenvalue weighted by atomic mass is 10.0. The second-order valence-electron chi connectivity index (χ2n) is 4.93. The van der Waals surface area contributed by atoms with Crippen molar-refractivity contribution in [2.75, 3.05) is 26.3 Å². The lowest BCUT2D eigenvalue weighted by Crippen LogP contribution is -2.52. The number of aromatic nitrogens is 1. The molecule has 1 aliphatic rings. The molecule has 0 atom stereocenters. The van der Waals surface area contributed by atoms with Gasteiger partial charge in [-0.15, -0.1) is 0 Å². The summed E-state index contributed by atoms with van der Waals surface area (Å²) in [5.74, 6) is 0. The van der Waals surface area contributed by atoms with Crippen LogP contribution in [0.3, 0.4) is 0 Å². The third kappa shape index (κ3) is 2.26. The highest BCUT2D eigenvalue weighted by Gasteiger charge is 2.38. The molecule has 1 saturated heterocycles. The molecule has 0 radical (unpaired) electrons. The number of rotatable bonds is 5. The van der Waals surface area contributed by atoms with Crippen LogP contribution in [-0.2, 0) is 11.2 Å². The van der Waals surface area contributed by atoms with Crippen LogP contribution < -0.4 is 5.32 Å². The van der Waals surface area contributed by atoms with E-state index in [-0.39, 0.29) is 13.2 Å². The van der Waals surface area contributed by atoms with Crippen LogP contribution >= 0.6 is 0 Å². The van der Waals surface area contributed by atoms with Gasteiger partial charge >= 0.3 is 0 Å². The first-order valence-corrected chi connectivity index (χ1v) is 6.29. The van der Waals surface area contributed by atoms with Crippen LogP contribution in [0.15, 0.2) is 30.5 Å². The molecule has 0 spiro atoms. The summed E-state index contributed by atoms with van der Waals surface area (Å²) in [6.07, 6.45) is 2.94. The summed E-state index contributed by atoms with van der Waals surface area (Å²) in [4.78, 5) is 3.25. The monoisotopic (exact) mass is 248 g/mol. The summed E-state index contributed by atoms with van der Waals surface area (Å²) in [7, 11) is 0. The van der Waals surface area contributed by atoms with Gasteiger partial charge in [-0.2, -0.15) is 0 Å². The van der Waals surface area contributed by atoms with E-state index in [1.54, 1.807) is 0 Å². The van der Waals surface area contributed by atoms with Gasteiger partial charge in [0.2, 0.25) is 0 Å². The molecule has 96 valence electrons. The molecule has 1 aromatic heterocycles. The molecule has 3 nitrogen and oxygen atoms in total. The summed E-state index contributed by atoms with van der Waals surface area (Å²) < 4.78 is 18.5. The van der Waals surface area contributed by atoms with E-state index in [0.29, 0.717) is 6.54 Å². The first-order valence-electron chi connectivity index (χ1n) is 6.29. The lowest BCUT2D eigenvalue weighted by molar-refractivity contribution is -0.127. The normalized spacial score (nSPS) is 17.8. The number of halogens is 1. The Morgan fingerprint density at radius 2 is 2.17 bits per heavy atom. The summed E-state index contributed by atoms with van der Waals surface area (Å²) >= 11 is 0. The summed E-state index contributed by atoms with van der Waals surface area (Å²) in [6.45, 7) is 1.63. The molecule has 1 fully saturated rings. The van der Waals surface area contributed by atoms with Crippen LogP contribution in [0.1, 0.15) is 5.56 Å². The molecule has 0 saturated carbocycles. The molecule has 2 N–H and O–H groups in total. The predicted molar refractivity (Wildman–Crippen MR) is 69.5 cm³/mol. The molecule has 2 heterocycles. The van der Waals surface area contributed by atoms with E-state index < -0.39 is 5.67 Å². The van der Waals surface area contributed by atoms with Crippen molar-refractivity contribution in [2.24, 2.45) is 0 Å². The number of nitrogens with one attached hydrogen (secondary N) is 2. The summed E-state index contributed by atoms with van der Waals surface area (Å²) in [5, 5.41) is 4.41. The molecule has 1 aliphatic heterocycles. The molecular weight excluding hydrogens is 231 g/mol. The zero-order valence-electron chi connectivity index (χ0n) is 10.2. The quantitative estimate of drug-likeness (QED) is 0.794. The minimum absolute atomic E-state index is 0.229. The lowest BCUT2D eigenvalue weighted by Gasteiger charge is -2.33. The van der Waals surface area contributed by atoms with Crippen molar-refractivity contribution in [2.45, 2.75) is 12.1 Å². The van der Waals surface area contributed by atoms with E-state index >= 15 is 0 Å². The zero-order chi connectivity index (χ0) is 12.4. The van der Waals surface area contributed by atoms with Gasteiger partial charge in [-0.05, 0) is 24.6 Å². The van der Waals surface area contributed by atoms with E-state index in [1.165, 1.54) is 10.9 Å². The highest BCUT2D eigenvalue weighted by molar-refractivity contribution is 5.83. The zero-order valence-corrected chi connectivity index (χ0v) is 10.2. The first kappa shape index (κ1) is 11.7. The highest BCUT2D eigenvalue weighted by atomic mass is 19.1. The number of aromatic amines is 1. The van der Waals surface area contributed by atoms with Gasteiger partial charge in [0.05, 0.1) is 13.2 Å². The molecular formula is C14H17FN2O. The standard InChI is InChI=1S/C14H17FN2O/c15-14(9-18-10-14)8-16-6-5-11-7-17-13-4-2-1-3-12(11)13/h1-4,7,16-17H,5-6,8-10H2. The average molecular weight is 248 g/mol. The molecule has 3 rings (SSSR count). The molecule has 0 aliphatic carbocycles. The number of alkyl halides is 1. The Hall–Kier alpha value is -1.39. The van der Waals surface area contributed by atoms with Crippen molar-refractivity contribution < 1.29 is 9.13 Å². The van der Waals surface area contributed by atoms with Gasteiger partial charge in [0.25, 0.3) is 0 Å². The van der Waals surface area contributed by atoms with Gasteiger partial charge in [0.1, 0.15) is 0 Å². The maximum Gasteiger partial charge on any atom is 0.169 e. The Bertz CT molecular complexity index is 533. The summed E-state index contributed by atoms with van der Waals surface area (Å²) in [5.41, 5.74) is 1.29. The fourth-order valence-corrected chi connectivity index (χ4v) is 2.30. The molecule has 0 unspecified atom stereocenters. The predicted octanol–water partition coefficient (Wildman–Crippen LogP) is 2.04. The third-order valence-electron chi connectivity index (χ3n) is 3.41. The molecule has 4 heteroatoms. The SMILES string of the molecule is FC1(CNCCc2c[nH]c3ccccc23)COC1. The van der Waals surface area contributed by atoms with Crippen molar-refractivity contribution in [3.63, 3.8) is 0 Å². The van der Waals surface area contributed by atoms with Gasteiger partial charge < -0.3 is 15.0 Å². The smallest absolute Gasteiger partial charge is 0.169 e. The van der Waals surface area contributed by atoms with Crippen LogP contribution in [0.5, 0.6) is 0 Å². The minimum atomic E-state index is -1.14. The van der Waals surface area contributed by atoms with Crippen LogP contribution in [0.2, 0.25) is 0 Å². The van der Waals surface area contributed by atoms with Crippen molar-refractivity contribution in [3.8, 4) is 0 Å². The maximum atomic E-state index is 13.6. The number of fused-ring (bicyclic) bond motifs is 1. The maximum absolute atomic E-state index is 13.6. The third-order valence-corrected chi connectivity index (χ3v) is 3.41. The molecule has 0 amide bonds. The molecule has 0 bridgehead atoms. The molecule has 18 heavy (non-hydrogen) atoms. The number of para-hydroxylation sites is 1. The van der Waals surface area contributed by atoms with E-state index in [4.69, 9.17) is 4.74 Å². The minimum Gasteiger partial charge on any atom is -0.375 e. The van der Waals surface area contributed by atoms with Gasteiger partial charge in [-0.3, -0.25) is 0 Å². The Kier molecular flexibility index (Phi) is 3.06. The van der Waals surface area contributed by atoms with E-state index in [0.717, 1.165) is 18.5 Å². The van der Waals surface area contributed by atoms with Crippen molar-refractivity contribution in [1.82, 2.24) is 10.3 Å². The van der Waals surface area contributed by atoms with Gasteiger partial charge in [0.15, 0.2) is 5.67 Å². The average Bonchev–Trinajstić information content (AvgIpc) is 2.76. The van der Waals surface area contributed by atoms with Gasteiger partial charge in [-0.25, -0.2) is 4.39 Å². The largest absolute Gasteiger partial charge is 0.375 e. The number of hydrogen-bond acceptors (Lipinski definition) is 2. The Morgan fingerprint density at radius 1 is 1.33 bits per heavy atom. The van der Waals surface area contributed by atoms with Crippen LogP contribution in [0, 0.1) is 0 Å². The number of H-pyrrole nitrogens is 1. The van der Waals surface area contributed by atoms with Crippen LogP contribution in [0.4, 0.5) is 4.39 Å². The van der Waals surface area contributed by atoms with Crippen LogP contribution in [0.25, 0.3) is 10.9 Å². The number of ether oxygens (including phenoxy) is 1. The molecule has 1 aromatic carbocycles. The van der Waals surface area contributed by atoms with Crippen LogP contribution in [-0.4, -0.2) is 37.0 Å². The van der Waals surface area contributed by atoms with E-state index in [2.05, 4.69) is 22.4 Å². The van der Waals surface area contributed by atoms with Gasteiger partial charge in [-0.1, -0.05) is 18.2 Å². The first-order chi connectivity index (χ1) is 8.77. The second-order valence-corrected chi connectivity index (χ2v) is 4.93. The summed E-state index contributed by atoms with van der Waals surface area (Å²) in [6, 6.07) is 8.23. The second kappa shape index (κ2) is 4.71. The number of benzene rings is 1. The number of hydrogen-bond donors (Lipinski definition) is 2.